The van der Waals surface area contributed by atoms with E-state index in [1.54, 1.807) is 7.11 Å². The Morgan fingerprint density at radius 2 is 2.00 bits per heavy atom. The zero-order chi connectivity index (χ0) is 12.0. The molecule has 1 aromatic carbocycles. The predicted octanol–water partition coefficient (Wildman–Crippen LogP) is 3.39. The Bertz CT molecular complexity index is 348. The van der Waals surface area contributed by atoms with Gasteiger partial charge in [-0.3, -0.25) is 0 Å². The van der Waals surface area contributed by atoms with E-state index in [1.165, 1.54) is 0 Å². The summed E-state index contributed by atoms with van der Waals surface area (Å²) in [6.45, 7) is 6.40. The second-order valence-corrected chi connectivity index (χ2v) is 4.23. The van der Waals surface area contributed by atoms with Gasteiger partial charge in [0.2, 0.25) is 0 Å². The van der Waals surface area contributed by atoms with E-state index in [4.69, 9.17) is 9.47 Å². The molecule has 0 aliphatic carbocycles. The number of nitrogens with one attached hydrogen (secondary N) is 1. The summed E-state index contributed by atoms with van der Waals surface area (Å²) in [4.78, 5) is 0. The molecule has 0 bridgehead atoms. The average Bonchev–Trinajstić information content (AvgIpc) is 2.29. The topological polar surface area (TPSA) is 30.5 Å². The quantitative estimate of drug-likeness (QED) is 0.870. The number of methoxy groups -OCH3 is 1. The van der Waals surface area contributed by atoms with Crippen LogP contribution in [0.1, 0.15) is 19.4 Å². The summed E-state index contributed by atoms with van der Waals surface area (Å²) in [5.74, 6) is 1.60. The third-order valence-electron chi connectivity index (χ3n) is 2.17. The van der Waals surface area contributed by atoms with Crippen LogP contribution in [0, 0.1) is 0 Å². The van der Waals surface area contributed by atoms with Crippen molar-refractivity contribution in [3.63, 3.8) is 0 Å². The van der Waals surface area contributed by atoms with Gasteiger partial charge in [0.15, 0.2) is 11.5 Å². The van der Waals surface area contributed by atoms with Crippen molar-refractivity contribution in [2.75, 3.05) is 20.3 Å². The number of halogens is 2. The van der Waals surface area contributed by atoms with E-state index in [-0.39, 0.29) is 12.4 Å². The highest BCUT2D eigenvalue weighted by Gasteiger charge is 2.11. The van der Waals surface area contributed by atoms with Gasteiger partial charge in [0.05, 0.1) is 13.7 Å². The van der Waals surface area contributed by atoms with Crippen LogP contribution in [0.15, 0.2) is 16.6 Å². The third kappa shape index (κ3) is 4.74. The fraction of sp³-hybridized carbons (Fsp3) is 0.500. The lowest BCUT2D eigenvalue weighted by atomic mass is 10.2. The maximum absolute atomic E-state index is 5.63. The fourth-order valence-electron chi connectivity index (χ4n) is 1.47. The van der Waals surface area contributed by atoms with E-state index in [9.17, 15) is 0 Å². The van der Waals surface area contributed by atoms with E-state index < -0.39 is 0 Å². The molecule has 0 fully saturated rings. The van der Waals surface area contributed by atoms with Crippen LogP contribution < -0.4 is 14.8 Å². The molecule has 0 aliphatic heterocycles. The molecular formula is C12H19BrClNO2. The highest BCUT2D eigenvalue weighted by molar-refractivity contribution is 9.10. The maximum atomic E-state index is 5.63. The van der Waals surface area contributed by atoms with Crippen molar-refractivity contribution in [2.45, 2.75) is 20.4 Å². The highest BCUT2D eigenvalue weighted by atomic mass is 79.9. The molecule has 0 aliphatic rings. The molecule has 3 nitrogen and oxygen atoms in total. The lowest BCUT2D eigenvalue weighted by molar-refractivity contribution is 0.306. The molecule has 98 valence electrons. The van der Waals surface area contributed by atoms with Gasteiger partial charge < -0.3 is 14.8 Å². The van der Waals surface area contributed by atoms with E-state index in [1.807, 2.05) is 13.0 Å². The van der Waals surface area contributed by atoms with E-state index in [0.717, 1.165) is 34.6 Å². The largest absolute Gasteiger partial charge is 0.493 e. The Morgan fingerprint density at radius 1 is 1.29 bits per heavy atom. The van der Waals surface area contributed by atoms with Crippen LogP contribution in [-0.4, -0.2) is 20.3 Å². The van der Waals surface area contributed by atoms with Gasteiger partial charge in [0.1, 0.15) is 0 Å². The van der Waals surface area contributed by atoms with Gasteiger partial charge in [-0.2, -0.15) is 0 Å². The summed E-state index contributed by atoms with van der Waals surface area (Å²) >= 11 is 3.47. The molecule has 0 saturated heterocycles. The summed E-state index contributed by atoms with van der Waals surface area (Å²) in [5, 5.41) is 3.29. The molecule has 0 unspecified atom stereocenters. The Kier molecular flexibility index (Phi) is 8.39. The highest BCUT2D eigenvalue weighted by Crippen LogP contribution is 2.34. The average molecular weight is 325 g/mol. The standard InChI is InChI=1S/C12H18BrNO2.ClH/c1-4-14-8-9-6-10(13)7-11(15-3)12(9)16-5-2;/h6-7,14H,4-5,8H2,1-3H3;1H. The van der Waals surface area contributed by atoms with Crippen LogP contribution in [0.2, 0.25) is 0 Å². The van der Waals surface area contributed by atoms with Gasteiger partial charge in [-0.05, 0) is 25.6 Å². The fourth-order valence-corrected chi connectivity index (χ4v) is 1.96. The van der Waals surface area contributed by atoms with Gasteiger partial charge in [-0.15, -0.1) is 12.4 Å². The van der Waals surface area contributed by atoms with Crippen LogP contribution in [0.5, 0.6) is 11.5 Å². The number of hydrogen-bond acceptors (Lipinski definition) is 3. The van der Waals surface area contributed by atoms with Crippen LogP contribution >= 0.6 is 28.3 Å². The molecule has 0 radical (unpaired) electrons. The minimum Gasteiger partial charge on any atom is -0.493 e. The lowest BCUT2D eigenvalue weighted by Crippen LogP contribution is -2.13. The van der Waals surface area contributed by atoms with E-state index >= 15 is 0 Å². The van der Waals surface area contributed by atoms with Gasteiger partial charge in [-0.1, -0.05) is 22.9 Å². The van der Waals surface area contributed by atoms with Crippen molar-refractivity contribution in [2.24, 2.45) is 0 Å². The summed E-state index contributed by atoms with van der Waals surface area (Å²) in [6, 6.07) is 3.97. The molecule has 5 heteroatoms. The third-order valence-corrected chi connectivity index (χ3v) is 2.63. The second kappa shape index (κ2) is 8.61. The van der Waals surface area contributed by atoms with Crippen molar-refractivity contribution in [3.8, 4) is 11.5 Å². The monoisotopic (exact) mass is 323 g/mol. The molecule has 1 aromatic rings. The van der Waals surface area contributed by atoms with Crippen molar-refractivity contribution >= 4 is 28.3 Å². The van der Waals surface area contributed by atoms with Crippen molar-refractivity contribution in [1.29, 1.82) is 0 Å². The molecule has 0 heterocycles. The summed E-state index contributed by atoms with van der Waals surface area (Å²) < 4.78 is 11.9. The van der Waals surface area contributed by atoms with Crippen LogP contribution in [0.4, 0.5) is 0 Å². The zero-order valence-electron chi connectivity index (χ0n) is 10.4. The molecule has 17 heavy (non-hydrogen) atoms. The Hall–Kier alpha value is -0.450. The summed E-state index contributed by atoms with van der Waals surface area (Å²) in [5.41, 5.74) is 1.11. The first-order valence-electron chi connectivity index (χ1n) is 5.42. The smallest absolute Gasteiger partial charge is 0.165 e. The Labute approximate surface area is 117 Å². The number of hydrogen-bond donors (Lipinski definition) is 1. The molecule has 0 amide bonds. The first-order chi connectivity index (χ1) is 7.72. The van der Waals surface area contributed by atoms with Crippen molar-refractivity contribution < 1.29 is 9.47 Å². The van der Waals surface area contributed by atoms with Gasteiger partial charge >= 0.3 is 0 Å². The second-order valence-electron chi connectivity index (χ2n) is 3.31. The summed E-state index contributed by atoms with van der Waals surface area (Å²) in [7, 11) is 1.65. The molecule has 1 N–H and O–H groups in total. The first kappa shape index (κ1) is 16.6. The first-order valence-corrected chi connectivity index (χ1v) is 6.22. The minimum absolute atomic E-state index is 0. The molecule has 0 aromatic heterocycles. The number of benzene rings is 1. The Morgan fingerprint density at radius 3 is 2.53 bits per heavy atom. The lowest BCUT2D eigenvalue weighted by Gasteiger charge is -2.15. The van der Waals surface area contributed by atoms with Crippen LogP contribution in [0.3, 0.4) is 0 Å². The number of rotatable bonds is 6. The normalized spacial score (nSPS) is 9.65. The molecule has 0 atom stereocenters. The van der Waals surface area contributed by atoms with Crippen molar-refractivity contribution in [1.82, 2.24) is 5.32 Å². The molecule has 1 rings (SSSR count). The van der Waals surface area contributed by atoms with Gasteiger partial charge in [-0.25, -0.2) is 0 Å². The molecule has 0 spiro atoms. The minimum atomic E-state index is 0. The SMILES string of the molecule is CCNCc1cc(Br)cc(OC)c1OCC.Cl. The zero-order valence-corrected chi connectivity index (χ0v) is 12.8. The molecular weight excluding hydrogens is 305 g/mol. The van der Waals surface area contributed by atoms with Crippen LogP contribution in [-0.2, 0) is 6.54 Å². The molecule has 0 saturated carbocycles. The number of ether oxygens (including phenoxy) is 2. The maximum Gasteiger partial charge on any atom is 0.165 e. The van der Waals surface area contributed by atoms with Crippen molar-refractivity contribution in [3.05, 3.63) is 22.2 Å². The van der Waals surface area contributed by atoms with Gasteiger partial charge in [0, 0.05) is 16.6 Å². The Balaban J connectivity index is 0.00000256. The predicted molar refractivity (Wildman–Crippen MR) is 76.5 cm³/mol. The van der Waals surface area contributed by atoms with E-state index in [0.29, 0.717) is 6.61 Å². The summed E-state index contributed by atoms with van der Waals surface area (Å²) in [6.07, 6.45) is 0. The van der Waals surface area contributed by atoms with E-state index in [2.05, 4.69) is 34.2 Å². The van der Waals surface area contributed by atoms with Gasteiger partial charge in [0.25, 0.3) is 0 Å². The van der Waals surface area contributed by atoms with Crippen LogP contribution in [0.25, 0.3) is 0 Å².